The smallest absolute Gasteiger partial charge is 0.251 e. The molecule has 3 N–H and O–H groups in total. The number of carbonyl (C=O) groups is 2. The molecule has 7 nitrogen and oxygen atoms in total. The molecule has 0 aliphatic carbocycles. The van der Waals surface area contributed by atoms with Gasteiger partial charge in [-0.15, -0.1) is 12.4 Å². The zero-order valence-corrected chi connectivity index (χ0v) is 17.7. The molecule has 152 valence electrons. The van der Waals surface area contributed by atoms with Gasteiger partial charge in [0.15, 0.2) is 14.6 Å². The molecule has 0 atom stereocenters. The van der Waals surface area contributed by atoms with E-state index in [-0.39, 0.29) is 36.7 Å². The van der Waals surface area contributed by atoms with Crippen LogP contribution in [-0.2, 0) is 14.6 Å². The fraction of sp³-hybridized carbons (Fsp3) is 0.556. The maximum atomic E-state index is 12.7. The van der Waals surface area contributed by atoms with Gasteiger partial charge in [0.1, 0.15) is 0 Å². The number of amides is 2. The number of piperidine rings is 1. The van der Waals surface area contributed by atoms with Gasteiger partial charge in [-0.2, -0.15) is 0 Å². The predicted octanol–water partition coefficient (Wildman–Crippen LogP) is 1.74. The van der Waals surface area contributed by atoms with Gasteiger partial charge in [-0.25, -0.2) is 8.42 Å². The standard InChI is InChI=1S/C18H27N3O4S.ClH/c1-17(2,3)21-15(22)13-5-7-14(8-6-13)20-16(23)18(26(4,24)25)9-11-19-12-10-18;/h5-8,19H,9-12H2,1-4H3,(H,20,23)(H,21,22);1H. The summed E-state index contributed by atoms with van der Waals surface area (Å²) in [4.78, 5) is 24.9. The topological polar surface area (TPSA) is 104 Å². The quantitative estimate of drug-likeness (QED) is 0.692. The van der Waals surface area contributed by atoms with E-state index in [1.807, 2.05) is 20.8 Å². The van der Waals surface area contributed by atoms with Crippen molar-refractivity contribution in [3.05, 3.63) is 29.8 Å². The lowest BCUT2D eigenvalue weighted by molar-refractivity contribution is -0.119. The van der Waals surface area contributed by atoms with Gasteiger partial charge >= 0.3 is 0 Å². The summed E-state index contributed by atoms with van der Waals surface area (Å²) < 4.78 is 23.1. The van der Waals surface area contributed by atoms with Gasteiger partial charge in [0.05, 0.1) is 0 Å². The fourth-order valence-electron chi connectivity index (χ4n) is 2.96. The van der Waals surface area contributed by atoms with Gasteiger partial charge < -0.3 is 16.0 Å². The lowest BCUT2D eigenvalue weighted by Crippen LogP contribution is -2.55. The monoisotopic (exact) mass is 417 g/mol. The second-order valence-electron chi connectivity index (χ2n) is 7.75. The van der Waals surface area contributed by atoms with Crippen LogP contribution in [0.5, 0.6) is 0 Å². The number of anilines is 1. The molecule has 0 radical (unpaired) electrons. The predicted molar refractivity (Wildman–Crippen MR) is 109 cm³/mol. The summed E-state index contributed by atoms with van der Waals surface area (Å²) in [6, 6.07) is 6.41. The molecule has 0 aromatic heterocycles. The Labute approximate surface area is 167 Å². The third kappa shape index (κ3) is 5.67. The summed E-state index contributed by atoms with van der Waals surface area (Å²) in [6.45, 7) is 6.63. The van der Waals surface area contributed by atoms with Crippen LogP contribution in [0.1, 0.15) is 44.0 Å². The number of hydrogen-bond acceptors (Lipinski definition) is 5. The number of halogens is 1. The Hall–Kier alpha value is -1.64. The lowest BCUT2D eigenvalue weighted by atomic mass is 9.95. The maximum Gasteiger partial charge on any atom is 0.251 e. The summed E-state index contributed by atoms with van der Waals surface area (Å²) in [5.41, 5.74) is 0.586. The summed E-state index contributed by atoms with van der Waals surface area (Å²) in [5.74, 6) is -0.727. The summed E-state index contributed by atoms with van der Waals surface area (Å²) in [6.07, 6.45) is 1.59. The second kappa shape index (κ2) is 8.58. The summed E-state index contributed by atoms with van der Waals surface area (Å²) in [5, 5.41) is 8.64. The fourth-order valence-corrected chi connectivity index (χ4v) is 4.29. The van der Waals surface area contributed by atoms with Crippen molar-refractivity contribution in [1.29, 1.82) is 0 Å². The molecular weight excluding hydrogens is 390 g/mol. The number of hydrogen-bond donors (Lipinski definition) is 3. The van der Waals surface area contributed by atoms with E-state index in [1.54, 1.807) is 24.3 Å². The number of benzene rings is 1. The van der Waals surface area contributed by atoms with Gasteiger partial charge in [0.25, 0.3) is 5.91 Å². The molecule has 27 heavy (non-hydrogen) atoms. The van der Waals surface area contributed by atoms with Crippen molar-refractivity contribution in [3.8, 4) is 0 Å². The molecule has 1 saturated heterocycles. The average molecular weight is 418 g/mol. The Morgan fingerprint density at radius 1 is 1.07 bits per heavy atom. The molecule has 1 heterocycles. The minimum Gasteiger partial charge on any atom is -0.347 e. The van der Waals surface area contributed by atoms with E-state index in [1.165, 1.54) is 0 Å². The minimum atomic E-state index is -3.56. The van der Waals surface area contributed by atoms with Crippen LogP contribution in [0.4, 0.5) is 5.69 Å². The summed E-state index contributed by atoms with van der Waals surface area (Å²) >= 11 is 0. The Bertz CT molecular complexity index is 780. The Balaban J connectivity index is 0.00000364. The molecule has 1 aliphatic heterocycles. The third-order valence-electron chi connectivity index (χ3n) is 4.43. The molecule has 0 spiro atoms. The van der Waals surface area contributed by atoms with Crippen molar-refractivity contribution in [2.75, 3.05) is 24.7 Å². The number of nitrogens with one attached hydrogen (secondary N) is 3. The van der Waals surface area contributed by atoms with E-state index in [0.29, 0.717) is 24.3 Å². The highest BCUT2D eigenvalue weighted by atomic mass is 35.5. The molecule has 2 rings (SSSR count). The zero-order chi connectivity index (χ0) is 19.6. The molecule has 9 heteroatoms. The van der Waals surface area contributed by atoms with E-state index in [9.17, 15) is 18.0 Å². The Morgan fingerprint density at radius 3 is 2.04 bits per heavy atom. The van der Waals surface area contributed by atoms with Gasteiger partial charge in [-0.3, -0.25) is 9.59 Å². The highest BCUT2D eigenvalue weighted by Gasteiger charge is 2.48. The van der Waals surface area contributed by atoms with Crippen LogP contribution in [0.2, 0.25) is 0 Å². The van der Waals surface area contributed by atoms with Crippen molar-refractivity contribution in [2.24, 2.45) is 0 Å². The van der Waals surface area contributed by atoms with Crippen LogP contribution in [0.15, 0.2) is 24.3 Å². The molecule has 1 fully saturated rings. The molecular formula is C18H28ClN3O4S. The first-order valence-electron chi connectivity index (χ1n) is 8.59. The zero-order valence-electron chi connectivity index (χ0n) is 16.1. The van der Waals surface area contributed by atoms with E-state index >= 15 is 0 Å². The molecule has 1 aliphatic rings. The van der Waals surface area contributed by atoms with Crippen molar-refractivity contribution in [1.82, 2.24) is 10.6 Å². The van der Waals surface area contributed by atoms with E-state index in [0.717, 1.165) is 6.26 Å². The van der Waals surface area contributed by atoms with Crippen molar-refractivity contribution in [2.45, 2.75) is 43.9 Å². The molecule has 2 amide bonds. The number of rotatable bonds is 4. The summed E-state index contributed by atoms with van der Waals surface area (Å²) in [7, 11) is -3.56. The first-order chi connectivity index (χ1) is 11.9. The van der Waals surface area contributed by atoms with Crippen LogP contribution < -0.4 is 16.0 Å². The van der Waals surface area contributed by atoms with E-state index in [2.05, 4.69) is 16.0 Å². The largest absolute Gasteiger partial charge is 0.347 e. The number of sulfone groups is 1. The van der Waals surface area contributed by atoms with Crippen molar-refractivity contribution in [3.63, 3.8) is 0 Å². The first kappa shape index (κ1) is 23.4. The SMILES string of the molecule is CC(C)(C)NC(=O)c1ccc(NC(=O)C2(S(C)(=O)=O)CCNCC2)cc1.Cl. The molecule has 0 unspecified atom stereocenters. The van der Waals surface area contributed by atoms with Crippen LogP contribution in [-0.4, -0.2) is 49.9 Å². The van der Waals surface area contributed by atoms with Gasteiger partial charge in [0.2, 0.25) is 5.91 Å². The maximum absolute atomic E-state index is 12.7. The lowest BCUT2D eigenvalue weighted by Gasteiger charge is -2.34. The Kier molecular flexibility index (Phi) is 7.44. The van der Waals surface area contributed by atoms with Gasteiger partial charge in [-0.1, -0.05) is 0 Å². The van der Waals surface area contributed by atoms with Gasteiger partial charge in [-0.05, 0) is 71.0 Å². The molecule has 1 aromatic carbocycles. The molecule has 1 aromatic rings. The van der Waals surface area contributed by atoms with E-state index in [4.69, 9.17) is 0 Å². The van der Waals surface area contributed by atoms with Crippen molar-refractivity contribution < 1.29 is 18.0 Å². The molecule has 0 saturated carbocycles. The van der Waals surface area contributed by atoms with E-state index < -0.39 is 20.5 Å². The van der Waals surface area contributed by atoms with Gasteiger partial charge in [0, 0.05) is 23.0 Å². The number of carbonyl (C=O) groups excluding carboxylic acids is 2. The third-order valence-corrected chi connectivity index (χ3v) is 6.44. The second-order valence-corrected chi connectivity index (χ2v) is 10.1. The van der Waals surface area contributed by atoms with Crippen LogP contribution in [0.3, 0.4) is 0 Å². The highest BCUT2D eigenvalue weighted by molar-refractivity contribution is 7.92. The average Bonchev–Trinajstić information content (AvgIpc) is 2.53. The Morgan fingerprint density at radius 2 is 1.59 bits per heavy atom. The van der Waals surface area contributed by atoms with Crippen LogP contribution >= 0.6 is 12.4 Å². The molecule has 0 bridgehead atoms. The normalized spacial score (nSPS) is 16.7. The highest BCUT2D eigenvalue weighted by Crippen LogP contribution is 2.29. The van der Waals surface area contributed by atoms with Crippen LogP contribution in [0, 0.1) is 0 Å². The van der Waals surface area contributed by atoms with Crippen molar-refractivity contribution >= 4 is 39.7 Å². The first-order valence-corrected chi connectivity index (χ1v) is 10.5. The minimum absolute atomic E-state index is 0. The van der Waals surface area contributed by atoms with Crippen LogP contribution in [0.25, 0.3) is 0 Å².